The second-order valence-corrected chi connectivity index (χ2v) is 6.89. The molecule has 0 amide bonds. The number of hydrogen-bond acceptors (Lipinski definition) is 4. The maximum Gasteiger partial charge on any atom is 0.313 e. The minimum atomic E-state index is -0.831. The predicted molar refractivity (Wildman–Crippen MR) is 83.4 cm³/mol. The van der Waals surface area contributed by atoms with E-state index in [0.717, 1.165) is 11.1 Å². The van der Waals surface area contributed by atoms with Gasteiger partial charge in [-0.15, -0.1) is 0 Å². The molecule has 0 bridgehead atoms. The lowest BCUT2D eigenvalue weighted by atomic mass is 9.81. The van der Waals surface area contributed by atoms with Crippen molar-refractivity contribution in [3.63, 3.8) is 0 Å². The van der Waals surface area contributed by atoms with Crippen LogP contribution >= 0.6 is 0 Å². The lowest BCUT2D eigenvalue weighted by Gasteiger charge is -2.28. The molecular weight excluding hydrogens is 280 g/mol. The molecule has 0 spiro atoms. The molecule has 1 aliphatic rings. The smallest absolute Gasteiger partial charge is 0.313 e. The third-order valence-electron chi connectivity index (χ3n) is 3.79. The zero-order chi connectivity index (χ0) is 16.4. The summed E-state index contributed by atoms with van der Waals surface area (Å²) in [5.74, 6) is -0.662. The van der Waals surface area contributed by atoms with Crippen molar-refractivity contribution >= 4 is 11.9 Å². The maximum atomic E-state index is 12.5. The van der Waals surface area contributed by atoms with Crippen molar-refractivity contribution in [1.82, 2.24) is 0 Å². The SMILES string of the molecule is CCOC(=O)C1(CC(=O)OC(C)(C)C)Cc2ccccc2C1. The molecule has 1 aromatic rings. The molecule has 0 N–H and O–H groups in total. The van der Waals surface area contributed by atoms with Gasteiger partial charge >= 0.3 is 11.9 Å². The van der Waals surface area contributed by atoms with Gasteiger partial charge in [-0.05, 0) is 51.7 Å². The molecule has 120 valence electrons. The summed E-state index contributed by atoms with van der Waals surface area (Å²) in [6, 6.07) is 7.91. The summed E-state index contributed by atoms with van der Waals surface area (Å²) in [6.07, 6.45) is 1.11. The van der Waals surface area contributed by atoms with Crippen LogP contribution in [0.2, 0.25) is 0 Å². The summed E-state index contributed by atoms with van der Waals surface area (Å²) in [5.41, 5.74) is 0.832. The van der Waals surface area contributed by atoms with Gasteiger partial charge in [-0.2, -0.15) is 0 Å². The summed E-state index contributed by atoms with van der Waals surface area (Å²) in [7, 11) is 0. The molecule has 22 heavy (non-hydrogen) atoms. The van der Waals surface area contributed by atoms with Crippen LogP contribution in [-0.2, 0) is 31.9 Å². The first-order valence-corrected chi connectivity index (χ1v) is 7.72. The molecule has 4 heteroatoms. The predicted octanol–water partition coefficient (Wildman–Crippen LogP) is 3.07. The highest BCUT2D eigenvalue weighted by Crippen LogP contribution is 2.41. The van der Waals surface area contributed by atoms with Crippen LogP contribution in [0.5, 0.6) is 0 Å². The van der Waals surface area contributed by atoms with Crippen molar-refractivity contribution in [2.45, 2.75) is 52.6 Å². The normalized spacial score (nSPS) is 16.0. The van der Waals surface area contributed by atoms with Crippen LogP contribution in [0, 0.1) is 5.41 Å². The van der Waals surface area contributed by atoms with E-state index in [1.54, 1.807) is 6.92 Å². The third-order valence-corrected chi connectivity index (χ3v) is 3.79. The van der Waals surface area contributed by atoms with Gasteiger partial charge < -0.3 is 9.47 Å². The van der Waals surface area contributed by atoms with Crippen molar-refractivity contribution in [3.8, 4) is 0 Å². The maximum absolute atomic E-state index is 12.5. The standard InChI is InChI=1S/C18H24O4/c1-5-21-16(20)18(12-15(19)22-17(2,3)4)10-13-8-6-7-9-14(13)11-18/h6-9H,5,10-12H2,1-4H3. The number of rotatable bonds is 4. The van der Waals surface area contributed by atoms with Crippen molar-refractivity contribution in [2.24, 2.45) is 5.41 Å². The first-order valence-electron chi connectivity index (χ1n) is 7.72. The van der Waals surface area contributed by atoms with Crippen LogP contribution in [0.1, 0.15) is 45.2 Å². The van der Waals surface area contributed by atoms with E-state index >= 15 is 0 Å². The van der Waals surface area contributed by atoms with Crippen LogP contribution < -0.4 is 0 Å². The summed E-state index contributed by atoms with van der Waals surface area (Å²) in [5, 5.41) is 0. The Kier molecular flexibility index (Phi) is 4.59. The summed E-state index contributed by atoms with van der Waals surface area (Å²) in [4.78, 5) is 24.8. The van der Waals surface area contributed by atoms with Gasteiger partial charge in [-0.3, -0.25) is 9.59 Å². The molecule has 0 radical (unpaired) electrons. The van der Waals surface area contributed by atoms with Gasteiger partial charge in [0.2, 0.25) is 0 Å². The number of benzene rings is 1. The van der Waals surface area contributed by atoms with Gasteiger partial charge in [0.05, 0.1) is 18.4 Å². The van der Waals surface area contributed by atoms with Gasteiger partial charge in [0.15, 0.2) is 0 Å². The number of carbonyl (C=O) groups excluding carboxylic acids is 2. The van der Waals surface area contributed by atoms with Crippen LogP contribution in [-0.4, -0.2) is 24.1 Å². The Labute approximate surface area is 131 Å². The number of fused-ring (bicyclic) bond motifs is 1. The fourth-order valence-electron chi connectivity index (χ4n) is 2.97. The largest absolute Gasteiger partial charge is 0.466 e. The minimum Gasteiger partial charge on any atom is -0.466 e. The lowest BCUT2D eigenvalue weighted by molar-refractivity contribution is -0.167. The van der Waals surface area contributed by atoms with Crippen LogP contribution in [0.3, 0.4) is 0 Å². The zero-order valence-electron chi connectivity index (χ0n) is 13.8. The average Bonchev–Trinajstić information content (AvgIpc) is 2.75. The van der Waals surface area contributed by atoms with Crippen LogP contribution in [0.4, 0.5) is 0 Å². The third kappa shape index (κ3) is 3.67. The second-order valence-electron chi connectivity index (χ2n) is 6.89. The van der Waals surface area contributed by atoms with Crippen molar-refractivity contribution < 1.29 is 19.1 Å². The summed E-state index contributed by atoms with van der Waals surface area (Å²) >= 11 is 0. The molecule has 0 saturated heterocycles. The molecule has 0 saturated carbocycles. The average molecular weight is 304 g/mol. The molecule has 2 rings (SSSR count). The molecule has 0 unspecified atom stereocenters. The number of carbonyl (C=O) groups is 2. The van der Waals surface area contributed by atoms with Gasteiger partial charge in [-0.25, -0.2) is 0 Å². The highest BCUT2D eigenvalue weighted by atomic mass is 16.6. The van der Waals surface area contributed by atoms with E-state index in [1.165, 1.54) is 0 Å². The van der Waals surface area contributed by atoms with Crippen LogP contribution in [0.15, 0.2) is 24.3 Å². The Morgan fingerprint density at radius 2 is 1.68 bits per heavy atom. The Morgan fingerprint density at radius 3 is 2.14 bits per heavy atom. The Bertz CT molecular complexity index is 544. The fourth-order valence-corrected chi connectivity index (χ4v) is 2.97. The van der Waals surface area contributed by atoms with E-state index in [4.69, 9.17) is 9.47 Å². The Hall–Kier alpha value is -1.84. The summed E-state index contributed by atoms with van der Waals surface area (Å²) in [6.45, 7) is 7.56. The van der Waals surface area contributed by atoms with E-state index in [9.17, 15) is 9.59 Å². The number of ether oxygens (including phenoxy) is 2. The molecule has 0 aromatic heterocycles. The molecule has 1 aliphatic carbocycles. The molecule has 1 aromatic carbocycles. The van der Waals surface area contributed by atoms with E-state index in [0.29, 0.717) is 19.4 Å². The van der Waals surface area contributed by atoms with Crippen LogP contribution in [0.25, 0.3) is 0 Å². The summed E-state index contributed by atoms with van der Waals surface area (Å²) < 4.78 is 10.6. The quantitative estimate of drug-likeness (QED) is 0.802. The lowest BCUT2D eigenvalue weighted by Crippen LogP contribution is -2.38. The van der Waals surface area contributed by atoms with Gasteiger partial charge in [-0.1, -0.05) is 24.3 Å². The van der Waals surface area contributed by atoms with Gasteiger partial charge in [0, 0.05) is 0 Å². The molecule has 0 atom stereocenters. The molecule has 0 heterocycles. The van der Waals surface area contributed by atoms with E-state index in [1.807, 2.05) is 45.0 Å². The van der Waals surface area contributed by atoms with E-state index in [-0.39, 0.29) is 18.4 Å². The van der Waals surface area contributed by atoms with E-state index in [2.05, 4.69) is 0 Å². The molecule has 0 fully saturated rings. The number of hydrogen-bond donors (Lipinski definition) is 0. The monoisotopic (exact) mass is 304 g/mol. The molecule has 4 nitrogen and oxygen atoms in total. The number of esters is 2. The second kappa shape index (κ2) is 6.11. The Balaban J connectivity index is 2.22. The topological polar surface area (TPSA) is 52.6 Å². The minimum absolute atomic E-state index is 0.0534. The van der Waals surface area contributed by atoms with E-state index < -0.39 is 11.0 Å². The highest BCUT2D eigenvalue weighted by Gasteiger charge is 2.47. The first kappa shape index (κ1) is 16.5. The van der Waals surface area contributed by atoms with Crippen molar-refractivity contribution in [2.75, 3.05) is 6.61 Å². The van der Waals surface area contributed by atoms with Gasteiger partial charge in [0.1, 0.15) is 5.60 Å². The van der Waals surface area contributed by atoms with Gasteiger partial charge in [0.25, 0.3) is 0 Å². The fraction of sp³-hybridized carbons (Fsp3) is 0.556. The van der Waals surface area contributed by atoms with Crippen molar-refractivity contribution in [1.29, 1.82) is 0 Å². The van der Waals surface area contributed by atoms with Crippen molar-refractivity contribution in [3.05, 3.63) is 35.4 Å². The molecular formula is C18H24O4. The first-order chi connectivity index (χ1) is 10.3. The Morgan fingerprint density at radius 1 is 1.14 bits per heavy atom. The molecule has 0 aliphatic heterocycles. The highest BCUT2D eigenvalue weighted by molar-refractivity contribution is 5.85. The zero-order valence-corrected chi connectivity index (χ0v) is 13.8.